The van der Waals surface area contributed by atoms with Crippen molar-refractivity contribution in [1.29, 1.82) is 0 Å². The first-order valence-electron chi connectivity index (χ1n) is 10.3. The van der Waals surface area contributed by atoms with Crippen molar-refractivity contribution in [2.24, 2.45) is 0 Å². The fraction of sp³-hybridized carbons (Fsp3) is 0.391. The summed E-state index contributed by atoms with van der Waals surface area (Å²) in [4.78, 5) is 26.6. The molecule has 31 heavy (non-hydrogen) atoms. The second kappa shape index (κ2) is 13.0. The highest BCUT2D eigenvalue weighted by Gasteiger charge is 2.10. The summed E-state index contributed by atoms with van der Waals surface area (Å²) >= 11 is 3.33. The lowest BCUT2D eigenvalue weighted by Crippen LogP contribution is -2.28. The zero-order valence-corrected chi connectivity index (χ0v) is 19.8. The molecule has 2 N–H and O–H groups in total. The minimum absolute atomic E-state index is 0.159. The second-order valence-electron chi connectivity index (χ2n) is 6.80. The van der Waals surface area contributed by atoms with Crippen LogP contribution in [0.3, 0.4) is 0 Å². The van der Waals surface area contributed by atoms with Gasteiger partial charge < -0.3 is 25.0 Å². The first-order valence-corrected chi connectivity index (χ1v) is 11.1. The maximum atomic E-state index is 12.3. The largest absolute Gasteiger partial charge is 0.493 e. The molecule has 168 valence electrons. The quantitative estimate of drug-likeness (QED) is 0.470. The Labute approximate surface area is 192 Å². The van der Waals surface area contributed by atoms with Crippen LogP contribution in [-0.4, -0.2) is 56.6 Å². The van der Waals surface area contributed by atoms with Crippen LogP contribution < -0.4 is 20.1 Å². The molecule has 0 aliphatic carbocycles. The maximum absolute atomic E-state index is 12.3. The number of anilines is 1. The van der Waals surface area contributed by atoms with Crippen molar-refractivity contribution < 1.29 is 19.1 Å². The van der Waals surface area contributed by atoms with E-state index in [2.05, 4.69) is 45.3 Å². The van der Waals surface area contributed by atoms with E-state index in [4.69, 9.17) is 9.47 Å². The Bertz CT molecular complexity index is 854. The van der Waals surface area contributed by atoms with Crippen LogP contribution in [0.15, 0.2) is 46.9 Å². The highest BCUT2D eigenvalue weighted by Crippen LogP contribution is 2.30. The number of hydrogen-bond acceptors (Lipinski definition) is 5. The zero-order chi connectivity index (χ0) is 22.6. The Morgan fingerprint density at radius 1 is 1.03 bits per heavy atom. The SMILES string of the molecule is CCN(CC)CCOc1cc(NC(=O)CCNC(=O)c2ccc(Br)cc2)ccc1OC. The van der Waals surface area contributed by atoms with Gasteiger partial charge in [-0.15, -0.1) is 0 Å². The van der Waals surface area contributed by atoms with Gasteiger partial charge in [0.1, 0.15) is 6.61 Å². The molecule has 0 unspecified atom stereocenters. The molecule has 0 spiro atoms. The fourth-order valence-electron chi connectivity index (χ4n) is 2.91. The monoisotopic (exact) mass is 491 g/mol. The van der Waals surface area contributed by atoms with Crippen molar-refractivity contribution in [2.75, 3.05) is 45.2 Å². The van der Waals surface area contributed by atoms with E-state index in [1.807, 2.05) is 0 Å². The van der Waals surface area contributed by atoms with Crippen molar-refractivity contribution >= 4 is 33.4 Å². The molecule has 2 aromatic rings. The predicted octanol–water partition coefficient (Wildman–Crippen LogP) is 3.94. The standard InChI is InChI=1S/C23H30BrN3O4/c1-4-27(5-2)14-15-31-21-16-19(10-11-20(21)30-3)26-22(28)12-13-25-23(29)17-6-8-18(24)9-7-17/h6-11,16H,4-5,12-15H2,1-3H3,(H,25,29)(H,26,28). The molecule has 0 saturated carbocycles. The normalized spacial score (nSPS) is 10.6. The van der Waals surface area contributed by atoms with E-state index < -0.39 is 0 Å². The Morgan fingerprint density at radius 3 is 2.39 bits per heavy atom. The number of methoxy groups -OCH3 is 1. The third kappa shape index (κ3) is 8.22. The van der Waals surface area contributed by atoms with Gasteiger partial charge in [0.15, 0.2) is 11.5 Å². The van der Waals surface area contributed by atoms with Crippen molar-refractivity contribution in [3.05, 3.63) is 52.5 Å². The first-order chi connectivity index (χ1) is 15.0. The number of ether oxygens (including phenoxy) is 2. The van der Waals surface area contributed by atoms with Crippen LogP contribution in [-0.2, 0) is 4.79 Å². The minimum Gasteiger partial charge on any atom is -0.493 e. The molecule has 0 bridgehead atoms. The summed E-state index contributed by atoms with van der Waals surface area (Å²) in [7, 11) is 1.58. The Hall–Kier alpha value is -2.58. The third-order valence-corrected chi connectivity index (χ3v) is 5.28. The van der Waals surface area contributed by atoms with Gasteiger partial charge in [0.2, 0.25) is 5.91 Å². The maximum Gasteiger partial charge on any atom is 0.251 e. The molecule has 2 amide bonds. The van der Waals surface area contributed by atoms with E-state index in [0.717, 1.165) is 24.1 Å². The van der Waals surface area contributed by atoms with Gasteiger partial charge in [-0.05, 0) is 49.5 Å². The molecule has 0 radical (unpaired) electrons. The average Bonchev–Trinajstić information content (AvgIpc) is 2.77. The van der Waals surface area contributed by atoms with Gasteiger partial charge in [-0.3, -0.25) is 9.59 Å². The van der Waals surface area contributed by atoms with Crippen molar-refractivity contribution in [3.8, 4) is 11.5 Å². The molecular formula is C23H30BrN3O4. The van der Waals surface area contributed by atoms with Crippen molar-refractivity contribution in [1.82, 2.24) is 10.2 Å². The van der Waals surface area contributed by atoms with Gasteiger partial charge >= 0.3 is 0 Å². The molecule has 0 aliphatic rings. The molecule has 2 aromatic carbocycles. The molecule has 8 heteroatoms. The number of nitrogens with one attached hydrogen (secondary N) is 2. The summed E-state index contributed by atoms with van der Waals surface area (Å²) in [6.45, 7) is 7.73. The predicted molar refractivity (Wildman–Crippen MR) is 126 cm³/mol. The van der Waals surface area contributed by atoms with Crippen LogP contribution in [0.1, 0.15) is 30.6 Å². The highest BCUT2D eigenvalue weighted by molar-refractivity contribution is 9.10. The van der Waals surface area contributed by atoms with E-state index in [1.165, 1.54) is 0 Å². The number of carbonyl (C=O) groups excluding carboxylic acids is 2. The van der Waals surface area contributed by atoms with Crippen LogP contribution in [0.25, 0.3) is 0 Å². The van der Waals surface area contributed by atoms with Gasteiger partial charge in [-0.25, -0.2) is 0 Å². The summed E-state index contributed by atoms with van der Waals surface area (Å²) in [6, 6.07) is 12.3. The number of amides is 2. The van der Waals surface area contributed by atoms with Crippen LogP contribution in [0.4, 0.5) is 5.69 Å². The topological polar surface area (TPSA) is 79.9 Å². The van der Waals surface area contributed by atoms with Crippen LogP contribution in [0, 0.1) is 0 Å². The lowest BCUT2D eigenvalue weighted by Gasteiger charge is -2.19. The van der Waals surface area contributed by atoms with Crippen LogP contribution in [0.5, 0.6) is 11.5 Å². The molecule has 7 nitrogen and oxygen atoms in total. The number of benzene rings is 2. The third-order valence-electron chi connectivity index (χ3n) is 4.75. The Morgan fingerprint density at radius 2 is 1.74 bits per heavy atom. The number of likely N-dealkylation sites (N-methyl/N-ethyl adjacent to an activating group) is 1. The summed E-state index contributed by atoms with van der Waals surface area (Å²) in [5.41, 5.74) is 1.16. The van der Waals surface area contributed by atoms with E-state index in [-0.39, 0.29) is 24.8 Å². The molecule has 2 rings (SSSR count). The van der Waals surface area contributed by atoms with Gasteiger partial charge in [-0.1, -0.05) is 29.8 Å². The fourth-order valence-corrected chi connectivity index (χ4v) is 3.17. The van der Waals surface area contributed by atoms with Crippen molar-refractivity contribution in [2.45, 2.75) is 20.3 Å². The number of halogens is 1. The zero-order valence-electron chi connectivity index (χ0n) is 18.2. The number of rotatable bonds is 12. The molecule has 0 fully saturated rings. The second-order valence-corrected chi connectivity index (χ2v) is 7.72. The number of hydrogen-bond donors (Lipinski definition) is 2. The lowest BCUT2D eigenvalue weighted by atomic mass is 10.2. The van der Waals surface area contributed by atoms with Gasteiger partial charge in [0.25, 0.3) is 5.91 Å². The van der Waals surface area contributed by atoms with E-state index in [0.29, 0.717) is 29.4 Å². The van der Waals surface area contributed by atoms with Crippen LogP contribution >= 0.6 is 15.9 Å². The molecule has 0 saturated heterocycles. The Balaban J connectivity index is 1.84. The van der Waals surface area contributed by atoms with Gasteiger partial charge in [0.05, 0.1) is 7.11 Å². The molecular weight excluding hydrogens is 462 g/mol. The highest BCUT2D eigenvalue weighted by atomic mass is 79.9. The van der Waals surface area contributed by atoms with E-state index in [1.54, 1.807) is 49.6 Å². The minimum atomic E-state index is -0.214. The number of carbonyl (C=O) groups is 2. The van der Waals surface area contributed by atoms with Crippen molar-refractivity contribution in [3.63, 3.8) is 0 Å². The molecule has 0 aliphatic heterocycles. The molecule has 0 aromatic heterocycles. The summed E-state index contributed by atoms with van der Waals surface area (Å²) in [6.07, 6.45) is 0.159. The Kier molecular flexibility index (Phi) is 10.3. The smallest absolute Gasteiger partial charge is 0.251 e. The van der Waals surface area contributed by atoms with Gasteiger partial charge in [0, 0.05) is 41.3 Å². The number of nitrogens with zero attached hydrogens (tertiary/aromatic N) is 1. The van der Waals surface area contributed by atoms with Gasteiger partial charge in [-0.2, -0.15) is 0 Å². The first kappa shape index (κ1) is 24.7. The van der Waals surface area contributed by atoms with E-state index >= 15 is 0 Å². The molecule has 0 atom stereocenters. The summed E-state index contributed by atoms with van der Waals surface area (Å²) in [5, 5.41) is 5.58. The van der Waals surface area contributed by atoms with E-state index in [9.17, 15) is 9.59 Å². The summed E-state index contributed by atoms with van der Waals surface area (Å²) < 4.78 is 12.1. The summed E-state index contributed by atoms with van der Waals surface area (Å²) in [5.74, 6) is 0.777. The molecule has 0 heterocycles. The van der Waals surface area contributed by atoms with Crippen LogP contribution in [0.2, 0.25) is 0 Å². The lowest BCUT2D eigenvalue weighted by molar-refractivity contribution is -0.116. The average molecular weight is 492 g/mol.